The minimum absolute atomic E-state index is 0.101. The summed E-state index contributed by atoms with van der Waals surface area (Å²) >= 11 is 0. The third kappa shape index (κ3) is 4.32. The van der Waals surface area contributed by atoms with Crippen LogP contribution in [0.15, 0.2) is 30.3 Å². The van der Waals surface area contributed by atoms with Crippen LogP contribution in [0, 0.1) is 0 Å². The molecule has 4 nitrogen and oxygen atoms in total. The highest BCUT2D eigenvalue weighted by atomic mass is 16.5. The van der Waals surface area contributed by atoms with Crippen molar-refractivity contribution in [1.82, 2.24) is 9.80 Å². The number of benzene rings is 1. The largest absolute Gasteiger partial charge is 0.367 e. The molecule has 0 spiro atoms. The van der Waals surface area contributed by atoms with Crippen molar-refractivity contribution in [3.63, 3.8) is 0 Å². The maximum Gasteiger partial charge on any atom is 0.248 e. The molecule has 0 bridgehead atoms. The highest BCUT2D eigenvalue weighted by Crippen LogP contribution is 2.07. The van der Waals surface area contributed by atoms with E-state index in [0.717, 1.165) is 31.7 Å². The lowest BCUT2D eigenvalue weighted by Crippen LogP contribution is -2.51. The number of piperazine rings is 1. The molecule has 0 saturated carbocycles. The van der Waals surface area contributed by atoms with Gasteiger partial charge in [-0.3, -0.25) is 9.69 Å². The number of carbonyl (C=O) groups is 1. The predicted molar refractivity (Wildman–Crippen MR) is 79.4 cm³/mol. The van der Waals surface area contributed by atoms with Gasteiger partial charge in [-0.15, -0.1) is 0 Å². The van der Waals surface area contributed by atoms with Crippen molar-refractivity contribution in [1.29, 1.82) is 0 Å². The molecule has 1 fully saturated rings. The van der Waals surface area contributed by atoms with E-state index in [9.17, 15) is 4.79 Å². The average molecular weight is 276 g/mol. The first-order chi connectivity index (χ1) is 9.66. The molecule has 1 heterocycles. The van der Waals surface area contributed by atoms with Gasteiger partial charge in [0.2, 0.25) is 5.91 Å². The minimum atomic E-state index is 0.101. The van der Waals surface area contributed by atoms with Gasteiger partial charge in [-0.2, -0.15) is 0 Å². The van der Waals surface area contributed by atoms with Crippen LogP contribution in [0.4, 0.5) is 0 Å². The number of carbonyl (C=O) groups excluding carboxylic acids is 1. The molecule has 110 valence electrons. The van der Waals surface area contributed by atoms with Gasteiger partial charge in [0.1, 0.15) is 6.61 Å². The van der Waals surface area contributed by atoms with Crippen molar-refractivity contribution < 1.29 is 9.53 Å². The van der Waals surface area contributed by atoms with Crippen LogP contribution in [-0.4, -0.2) is 54.5 Å². The summed E-state index contributed by atoms with van der Waals surface area (Å²) in [6, 6.07) is 10.5. The normalized spacial score (nSPS) is 16.6. The molecule has 1 aliphatic heterocycles. The fourth-order valence-corrected chi connectivity index (χ4v) is 2.41. The van der Waals surface area contributed by atoms with Gasteiger partial charge >= 0.3 is 0 Å². The fourth-order valence-electron chi connectivity index (χ4n) is 2.41. The van der Waals surface area contributed by atoms with E-state index in [1.54, 1.807) is 0 Å². The van der Waals surface area contributed by atoms with Crippen LogP contribution in [0.1, 0.15) is 19.4 Å². The Hall–Kier alpha value is -1.39. The monoisotopic (exact) mass is 276 g/mol. The third-order valence-corrected chi connectivity index (χ3v) is 3.73. The molecular weight excluding hydrogens is 252 g/mol. The average Bonchev–Trinajstić information content (AvgIpc) is 2.48. The maximum absolute atomic E-state index is 12.0. The summed E-state index contributed by atoms with van der Waals surface area (Å²) in [5, 5.41) is 0. The molecule has 1 saturated heterocycles. The van der Waals surface area contributed by atoms with Gasteiger partial charge in [0.05, 0.1) is 6.61 Å². The number of rotatable bonds is 5. The van der Waals surface area contributed by atoms with Gasteiger partial charge < -0.3 is 9.64 Å². The first kappa shape index (κ1) is 15.0. The van der Waals surface area contributed by atoms with E-state index in [0.29, 0.717) is 12.6 Å². The number of hydrogen-bond acceptors (Lipinski definition) is 3. The van der Waals surface area contributed by atoms with E-state index in [-0.39, 0.29) is 12.5 Å². The Morgan fingerprint density at radius 1 is 1.15 bits per heavy atom. The summed E-state index contributed by atoms with van der Waals surface area (Å²) < 4.78 is 5.50. The van der Waals surface area contributed by atoms with Gasteiger partial charge in [-0.05, 0) is 19.4 Å². The number of nitrogens with zero attached hydrogens (tertiary/aromatic N) is 2. The summed E-state index contributed by atoms with van der Waals surface area (Å²) in [6.07, 6.45) is 0. The van der Waals surface area contributed by atoms with Crippen molar-refractivity contribution in [2.45, 2.75) is 26.5 Å². The Labute approximate surface area is 121 Å². The van der Waals surface area contributed by atoms with E-state index in [1.807, 2.05) is 35.2 Å². The van der Waals surface area contributed by atoms with Gasteiger partial charge in [-0.1, -0.05) is 30.3 Å². The Balaban J connectivity index is 1.68. The van der Waals surface area contributed by atoms with Crippen LogP contribution in [0.25, 0.3) is 0 Å². The molecule has 0 aromatic heterocycles. The Kier molecular flexibility index (Phi) is 5.56. The van der Waals surface area contributed by atoms with E-state index in [2.05, 4.69) is 18.7 Å². The predicted octanol–water partition coefficient (Wildman–Crippen LogP) is 1.76. The molecule has 4 heteroatoms. The molecular formula is C16H24N2O2. The zero-order valence-electron chi connectivity index (χ0n) is 12.4. The molecule has 1 aromatic rings. The molecule has 0 aliphatic carbocycles. The van der Waals surface area contributed by atoms with Crippen LogP contribution >= 0.6 is 0 Å². The quantitative estimate of drug-likeness (QED) is 0.821. The molecule has 1 amide bonds. The minimum Gasteiger partial charge on any atom is -0.367 e. The SMILES string of the molecule is CC(C)N1CCN(C(=O)COCc2ccccc2)CC1. The lowest BCUT2D eigenvalue weighted by molar-refractivity contribution is -0.138. The van der Waals surface area contributed by atoms with E-state index < -0.39 is 0 Å². The second-order valence-corrected chi connectivity index (χ2v) is 5.49. The van der Waals surface area contributed by atoms with Crippen molar-refractivity contribution in [3.05, 3.63) is 35.9 Å². The van der Waals surface area contributed by atoms with Crippen LogP contribution in [-0.2, 0) is 16.1 Å². The highest BCUT2D eigenvalue weighted by Gasteiger charge is 2.22. The lowest BCUT2D eigenvalue weighted by atomic mass is 10.2. The van der Waals surface area contributed by atoms with Crippen molar-refractivity contribution >= 4 is 5.91 Å². The van der Waals surface area contributed by atoms with Crippen molar-refractivity contribution in [3.8, 4) is 0 Å². The second kappa shape index (κ2) is 7.41. The summed E-state index contributed by atoms with van der Waals surface area (Å²) in [4.78, 5) is 16.4. The molecule has 0 radical (unpaired) electrons. The van der Waals surface area contributed by atoms with Gasteiger partial charge in [0, 0.05) is 32.2 Å². The Morgan fingerprint density at radius 2 is 1.80 bits per heavy atom. The second-order valence-electron chi connectivity index (χ2n) is 5.49. The zero-order chi connectivity index (χ0) is 14.4. The maximum atomic E-state index is 12.0. The topological polar surface area (TPSA) is 32.8 Å². The van der Waals surface area contributed by atoms with Crippen LogP contribution in [0.3, 0.4) is 0 Å². The van der Waals surface area contributed by atoms with Crippen molar-refractivity contribution in [2.24, 2.45) is 0 Å². The van der Waals surface area contributed by atoms with Crippen LogP contribution < -0.4 is 0 Å². The Morgan fingerprint density at radius 3 is 2.40 bits per heavy atom. The molecule has 1 aliphatic rings. The summed E-state index contributed by atoms with van der Waals surface area (Å²) in [6.45, 7) is 8.61. The zero-order valence-corrected chi connectivity index (χ0v) is 12.4. The molecule has 0 unspecified atom stereocenters. The molecule has 0 atom stereocenters. The third-order valence-electron chi connectivity index (χ3n) is 3.73. The lowest BCUT2D eigenvalue weighted by Gasteiger charge is -2.36. The molecule has 1 aromatic carbocycles. The summed E-state index contributed by atoms with van der Waals surface area (Å²) in [5.41, 5.74) is 1.10. The number of hydrogen-bond donors (Lipinski definition) is 0. The van der Waals surface area contributed by atoms with Gasteiger partial charge in [0.25, 0.3) is 0 Å². The Bertz CT molecular complexity index is 412. The molecule has 2 rings (SSSR count). The van der Waals surface area contributed by atoms with E-state index in [1.165, 1.54) is 0 Å². The summed E-state index contributed by atoms with van der Waals surface area (Å²) in [5.74, 6) is 0.101. The molecule has 20 heavy (non-hydrogen) atoms. The van der Waals surface area contributed by atoms with Crippen LogP contribution in [0.5, 0.6) is 0 Å². The summed E-state index contributed by atoms with van der Waals surface area (Å²) in [7, 11) is 0. The van der Waals surface area contributed by atoms with E-state index >= 15 is 0 Å². The number of amides is 1. The highest BCUT2D eigenvalue weighted by molar-refractivity contribution is 5.77. The smallest absolute Gasteiger partial charge is 0.248 e. The van der Waals surface area contributed by atoms with Gasteiger partial charge in [0.15, 0.2) is 0 Å². The first-order valence-corrected chi connectivity index (χ1v) is 7.30. The van der Waals surface area contributed by atoms with E-state index in [4.69, 9.17) is 4.74 Å². The fraction of sp³-hybridized carbons (Fsp3) is 0.562. The first-order valence-electron chi connectivity index (χ1n) is 7.30. The van der Waals surface area contributed by atoms with Gasteiger partial charge in [-0.25, -0.2) is 0 Å². The standard InChI is InChI=1S/C16H24N2O2/c1-14(2)17-8-10-18(11-9-17)16(19)13-20-12-15-6-4-3-5-7-15/h3-7,14H,8-13H2,1-2H3. The molecule has 0 N–H and O–H groups in total. The van der Waals surface area contributed by atoms with Crippen LogP contribution in [0.2, 0.25) is 0 Å². The van der Waals surface area contributed by atoms with Crippen molar-refractivity contribution in [2.75, 3.05) is 32.8 Å². The number of ether oxygens (including phenoxy) is 1.